The van der Waals surface area contributed by atoms with Crippen molar-refractivity contribution in [1.29, 1.82) is 0 Å². The zero-order valence-electron chi connectivity index (χ0n) is 27.3. The van der Waals surface area contributed by atoms with Gasteiger partial charge in [0.1, 0.15) is 0 Å². The summed E-state index contributed by atoms with van der Waals surface area (Å²) in [4.78, 5) is 4.92. The van der Waals surface area contributed by atoms with Crippen LogP contribution < -0.4 is 0 Å². The minimum Gasteiger partial charge on any atom is -0.256 e. The Kier molecular flexibility index (Phi) is 6.57. The first-order chi connectivity index (χ1) is 24.8. The number of nitrogens with zero attached hydrogens (tertiary/aromatic N) is 1. The Hall–Kier alpha value is -6.57. The molecule has 0 fully saturated rings. The maximum atomic E-state index is 4.92. The maximum absolute atomic E-state index is 4.92. The summed E-state index contributed by atoms with van der Waals surface area (Å²) in [5.74, 6) is 0. The lowest BCUT2D eigenvalue weighted by Crippen LogP contribution is -1.95. The molecule has 0 spiro atoms. The van der Waals surface area contributed by atoms with Crippen molar-refractivity contribution in [3.63, 3.8) is 0 Å². The lowest BCUT2D eigenvalue weighted by molar-refractivity contribution is 1.41. The zero-order valence-corrected chi connectivity index (χ0v) is 27.3. The second kappa shape index (κ2) is 11.5. The Morgan fingerprint density at radius 3 is 1.50 bits per heavy atom. The van der Waals surface area contributed by atoms with Gasteiger partial charge >= 0.3 is 0 Å². The molecule has 0 saturated carbocycles. The fourth-order valence-corrected chi connectivity index (χ4v) is 8.02. The molecule has 0 aliphatic carbocycles. The number of benzene rings is 9. The van der Waals surface area contributed by atoms with Crippen LogP contribution in [0, 0.1) is 0 Å². The van der Waals surface area contributed by atoms with Gasteiger partial charge in [-0.25, -0.2) is 0 Å². The van der Waals surface area contributed by atoms with Gasteiger partial charge in [-0.3, -0.25) is 4.98 Å². The van der Waals surface area contributed by atoms with E-state index in [0.717, 1.165) is 16.5 Å². The van der Waals surface area contributed by atoms with Gasteiger partial charge in [0.15, 0.2) is 0 Å². The third-order valence-electron chi connectivity index (χ3n) is 10.2. The Bertz CT molecular complexity index is 2860. The second-order valence-corrected chi connectivity index (χ2v) is 13.1. The number of fused-ring (bicyclic) bond motifs is 5. The number of rotatable bonds is 4. The molecule has 0 aliphatic rings. The van der Waals surface area contributed by atoms with Gasteiger partial charge in [-0.2, -0.15) is 0 Å². The second-order valence-electron chi connectivity index (χ2n) is 13.1. The molecule has 0 amide bonds. The van der Waals surface area contributed by atoms with E-state index in [-0.39, 0.29) is 0 Å². The molecule has 0 unspecified atom stereocenters. The first kappa shape index (κ1) is 28.4. The van der Waals surface area contributed by atoms with Crippen molar-refractivity contribution < 1.29 is 0 Å². The molecule has 1 nitrogen and oxygen atoms in total. The van der Waals surface area contributed by atoms with Crippen molar-refractivity contribution in [3.05, 3.63) is 188 Å². The maximum Gasteiger partial charge on any atom is 0.0702 e. The topological polar surface area (TPSA) is 12.9 Å². The van der Waals surface area contributed by atoms with Crippen LogP contribution in [0.25, 0.3) is 98.5 Å². The summed E-state index contributed by atoms with van der Waals surface area (Å²) in [7, 11) is 0. The molecular formula is C49H31N. The first-order valence-corrected chi connectivity index (χ1v) is 17.2. The minimum atomic E-state index is 1.00. The summed E-state index contributed by atoms with van der Waals surface area (Å²) < 4.78 is 0. The third kappa shape index (κ3) is 4.52. The van der Waals surface area contributed by atoms with Crippen LogP contribution in [0.2, 0.25) is 0 Å². The van der Waals surface area contributed by atoms with E-state index in [1.54, 1.807) is 0 Å². The largest absolute Gasteiger partial charge is 0.256 e. The Balaban J connectivity index is 1.33. The lowest BCUT2D eigenvalue weighted by atomic mass is 9.81. The number of hydrogen-bond acceptors (Lipinski definition) is 1. The Labute approximate surface area is 290 Å². The van der Waals surface area contributed by atoms with Gasteiger partial charge in [0, 0.05) is 17.1 Å². The number of pyridine rings is 1. The van der Waals surface area contributed by atoms with E-state index in [0.29, 0.717) is 0 Å². The molecule has 0 saturated heterocycles. The molecular weight excluding hydrogens is 603 g/mol. The van der Waals surface area contributed by atoms with Gasteiger partial charge in [-0.05, 0) is 106 Å². The van der Waals surface area contributed by atoms with Crippen molar-refractivity contribution in [2.24, 2.45) is 0 Å². The Morgan fingerprint density at radius 2 is 0.800 bits per heavy atom. The molecule has 0 aliphatic heterocycles. The molecule has 0 radical (unpaired) electrons. The fourth-order valence-electron chi connectivity index (χ4n) is 8.02. The molecule has 1 heterocycles. The first-order valence-electron chi connectivity index (χ1n) is 17.2. The van der Waals surface area contributed by atoms with Crippen LogP contribution in [0.1, 0.15) is 0 Å². The van der Waals surface area contributed by atoms with Crippen LogP contribution in [0.3, 0.4) is 0 Å². The monoisotopic (exact) mass is 633 g/mol. The predicted octanol–water partition coefficient (Wildman–Crippen LogP) is 13.5. The molecule has 232 valence electrons. The van der Waals surface area contributed by atoms with Gasteiger partial charge in [0.05, 0.1) is 5.52 Å². The molecule has 10 rings (SSSR count). The average molecular weight is 634 g/mol. The highest BCUT2D eigenvalue weighted by Crippen LogP contribution is 2.49. The number of para-hydroxylation sites is 1. The lowest BCUT2D eigenvalue weighted by Gasteiger charge is -2.22. The molecule has 50 heavy (non-hydrogen) atoms. The normalized spacial score (nSPS) is 11.6. The molecule has 10 aromatic rings. The quantitative estimate of drug-likeness (QED) is 0.176. The molecule has 0 atom stereocenters. The van der Waals surface area contributed by atoms with Gasteiger partial charge < -0.3 is 0 Å². The van der Waals surface area contributed by atoms with E-state index in [1.165, 1.54) is 82.0 Å². The predicted molar refractivity (Wildman–Crippen MR) is 214 cm³/mol. The summed E-state index contributed by atoms with van der Waals surface area (Å²) in [6.07, 6.45) is 2.04. The summed E-state index contributed by atoms with van der Waals surface area (Å²) in [5.41, 5.74) is 10.7. The standard InChI is InChI=1S/C49H31N/c1-2-15-33(16-3-1)44-30-45(38-19-7-8-20-39(38)48(44)37-29-35-18-6-13-25-46(35)50-31-37)49-42-23-11-9-21-40(42)47(41-22-10-12-24-43(41)49)36-27-26-32-14-4-5-17-34(32)28-36/h1-31H. The van der Waals surface area contributed by atoms with Crippen LogP contribution in [0.4, 0.5) is 0 Å². The summed E-state index contributed by atoms with van der Waals surface area (Å²) in [5, 5.41) is 11.1. The average Bonchev–Trinajstić information content (AvgIpc) is 3.19. The van der Waals surface area contributed by atoms with E-state index >= 15 is 0 Å². The molecule has 1 heteroatoms. The van der Waals surface area contributed by atoms with Crippen LogP contribution >= 0.6 is 0 Å². The van der Waals surface area contributed by atoms with Gasteiger partial charge in [0.25, 0.3) is 0 Å². The van der Waals surface area contributed by atoms with Crippen molar-refractivity contribution in [1.82, 2.24) is 4.98 Å². The van der Waals surface area contributed by atoms with Crippen molar-refractivity contribution in [3.8, 4) is 44.5 Å². The highest BCUT2D eigenvalue weighted by Gasteiger charge is 2.22. The zero-order chi connectivity index (χ0) is 33.0. The number of hydrogen-bond donors (Lipinski definition) is 0. The van der Waals surface area contributed by atoms with E-state index in [9.17, 15) is 0 Å². The molecule has 0 N–H and O–H groups in total. The summed E-state index contributed by atoms with van der Waals surface area (Å²) >= 11 is 0. The van der Waals surface area contributed by atoms with Gasteiger partial charge in [-0.1, -0.05) is 158 Å². The highest BCUT2D eigenvalue weighted by atomic mass is 14.6. The van der Waals surface area contributed by atoms with E-state index in [1.807, 2.05) is 6.20 Å². The summed E-state index contributed by atoms with van der Waals surface area (Å²) in [6, 6.07) is 66.2. The third-order valence-corrected chi connectivity index (χ3v) is 10.2. The van der Waals surface area contributed by atoms with Crippen LogP contribution in [0.15, 0.2) is 188 Å². The van der Waals surface area contributed by atoms with Crippen molar-refractivity contribution in [2.75, 3.05) is 0 Å². The van der Waals surface area contributed by atoms with Gasteiger partial charge in [0.2, 0.25) is 0 Å². The van der Waals surface area contributed by atoms with E-state index in [2.05, 4.69) is 182 Å². The number of aromatic nitrogens is 1. The molecule has 1 aromatic heterocycles. The Morgan fingerprint density at radius 1 is 0.280 bits per heavy atom. The fraction of sp³-hybridized carbons (Fsp3) is 0. The molecule has 0 bridgehead atoms. The minimum absolute atomic E-state index is 1.00. The van der Waals surface area contributed by atoms with Crippen LogP contribution in [0.5, 0.6) is 0 Å². The molecule has 9 aromatic carbocycles. The van der Waals surface area contributed by atoms with Crippen LogP contribution in [-0.4, -0.2) is 4.98 Å². The highest BCUT2D eigenvalue weighted by molar-refractivity contribution is 6.25. The van der Waals surface area contributed by atoms with Crippen molar-refractivity contribution in [2.45, 2.75) is 0 Å². The van der Waals surface area contributed by atoms with E-state index < -0.39 is 0 Å². The van der Waals surface area contributed by atoms with Gasteiger partial charge in [-0.15, -0.1) is 0 Å². The van der Waals surface area contributed by atoms with E-state index in [4.69, 9.17) is 4.98 Å². The smallest absolute Gasteiger partial charge is 0.0702 e. The van der Waals surface area contributed by atoms with Crippen LogP contribution in [-0.2, 0) is 0 Å². The SMILES string of the molecule is c1ccc(-c2cc(-c3c4ccccc4c(-c4ccc5ccccc5c4)c4ccccc34)c3ccccc3c2-c2cnc3ccccc3c2)cc1. The van der Waals surface area contributed by atoms with Crippen molar-refractivity contribution >= 4 is 54.0 Å². The summed E-state index contributed by atoms with van der Waals surface area (Å²) in [6.45, 7) is 0.